The minimum Gasteiger partial charge on any atom is -0.496 e. The molecule has 0 aliphatic carbocycles. The minimum absolute atomic E-state index is 0.111. The zero-order valence-electron chi connectivity index (χ0n) is 14.6. The Bertz CT molecular complexity index is 817. The van der Waals surface area contributed by atoms with Gasteiger partial charge in [0.2, 0.25) is 0 Å². The van der Waals surface area contributed by atoms with Gasteiger partial charge in [-0.25, -0.2) is 9.10 Å². The number of thiocarbonyl (C=S) groups is 1. The number of carbonyl (C=O) groups is 1. The summed E-state index contributed by atoms with van der Waals surface area (Å²) in [5, 5.41) is 3.33. The number of urea groups is 1. The van der Waals surface area contributed by atoms with E-state index in [9.17, 15) is 4.79 Å². The van der Waals surface area contributed by atoms with Gasteiger partial charge in [0.1, 0.15) is 18.1 Å². The first-order chi connectivity index (χ1) is 13.1. The van der Waals surface area contributed by atoms with E-state index in [0.717, 1.165) is 4.90 Å². The van der Waals surface area contributed by atoms with Gasteiger partial charge in [-0.2, -0.15) is 0 Å². The van der Waals surface area contributed by atoms with Crippen LogP contribution in [-0.2, 0) is 4.74 Å². The summed E-state index contributed by atoms with van der Waals surface area (Å²) in [7, 11) is 1.58. The van der Waals surface area contributed by atoms with E-state index in [1.165, 1.54) is 16.3 Å². The molecule has 27 heavy (non-hydrogen) atoms. The fourth-order valence-corrected chi connectivity index (χ4v) is 3.52. The molecular formula is C18H19N3O4S2. The predicted molar refractivity (Wildman–Crippen MR) is 108 cm³/mol. The maximum absolute atomic E-state index is 11.9. The third kappa shape index (κ3) is 4.95. The van der Waals surface area contributed by atoms with Gasteiger partial charge in [-0.05, 0) is 48.6 Å². The second-order valence-electron chi connectivity index (χ2n) is 5.59. The third-order valence-electron chi connectivity index (χ3n) is 3.71. The maximum Gasteiger partial charge on any atom is 0.329 e. The number of primary amides is 1. The number of nitrogens with two attached hydrogens (primary N) is 1. The van der Waals surface area contributed by atoms with Gasteiger partial charge in [-0.3, -0.25) is 0 Å². The molecule has 0 spiro atoms. The molecule has 0 saturated carbocycles. The highest BCUT2D eigenvalue weighted by Crippen LogP contribution is 2.35. The topological polar surface area (TPSA) is 86.1 Å². The number of rotatable bonds is 7. The number of methoxy groups -OCH3 is 1. The number of para-hydroxylation sites is 1. The van der Waals surface area contributed by atoms with Crippen molar-refractivity contribution in [1.82, 2.24) is 5.32 Å². The van der Waals surface area contributed by atoms with Crippen LogP contribution in [0, 0.1) is 0 Å². The van der Waals surface area contributed by atoms with Crippen LogP contribution >= 0.6 is 24.2 Å². The van der Waals surface area contributed by atoms with Gasteiger partial charge in [0.25, 0.3) is 5.17 Å². The summed E-state index contributed by atoms with van der Waals surface area (Å²) in [4.78, 5) is 12.7. The number of benzene rings is 2. The molecule has 2 aromatic rings. The third-order valence-corrected chi connectivity index (χ3v) is 5.06. The molecule has 1 atom stereocenters. The van der Waals surface area contributed by atoms with Crippen LogP contribution < -0.4 is 24.8 Å². The van der Waals surface area contributed by atoms with Gasteiger partial charge < -0.3 is 25.3 Å². The summed E-state index contributed by atoms with van der Waals surface area (Å²) in [5.74, 6) is 1.32. The lowest BCUT2D eigenvalue weighted by molar-refractivity contribution is 0.150. The number of nitrogens with one attached hydrogen (secondary N) is 1. The zero-order valence-corrected chi connectivity index (χ0v) is 16.2. The Morgan fingerprint density at radius 3 is 2.70 bits per heavy atom. The molecule has 1 unspecified atom stereocenters. The second-order valence-corrected chi connectivity index (χ2v) is 6.95. The number of anilines is 1. The van der Waals surface area contributed by atoms with Crippen LogP contribution in [-0.4, -0.2) is 37.6 Å². The van der Waals surface area contributed by atoms with E-state index < -0.39 is 6.03 Å². The average molecular weight is 406 g/mol. The monoisotopic (exact) mass is 405 g/mol. The van der Waals surface area contributed by atoms with Gasteiger partial charge in [-0.1, -0.05) is 12.1 Å². The summed E-state index contributed by atoms with van der Waals surface area (Å²) in [6.45, 7) is 1.00. The summed E-state index contributed by atoms with van der Waals surface area (Å²) in [6.07, 6.45) is -0.111. The lowest BCUT2D eigenvalue weighted by Gasteiger charge is -2.20. The summed E-state index contributed by atoms with van der Waals surface area (Å²) < 4.78 is 17.8. The van der Waals surface area contributed by atoms with E-state index in [0.29, 0.717) is 35.5 Å². The molecule has 3 rings (SSSR count). The molecule has 1 saturated heterocycles. The Labute approximate surface area is 166 Å². The quantitative estimate of drug-likeness (QED) is 0.541. The smallest absolute Gasteiger partial charge is 0.329 e. The molecule has 1 aliphatic heterocycles. The van der Waals surface area contributed by atoms with Crippen molar-refractivity contribution in [2.24, 2.45) is 5.73 Å². The summed E-state index contributed by atoms with van der Waals surface area (Å²) >= 11 is 6.11. The molecule has 2 aromatic carbocycles. The fraction of sp³-hybridized carbons (Fsp3) is 0.222. The van der Waals surface area contributed by atoms with E-state index in [1.807, 2.05) is 24.3 Å². The van der Waals surface area contributed by atoms with Crippen LogP contribution in [0.1, 0.15) is 0 Å². The van der Waals surface area contributed by atoms with Crippen LogP contribution in [0.2, 0.25) is 0 Å². The number of nitrogens with zero attached hydrogens (tertiary/aromatic N) is 1. The lowest BCUT2D eigenvalue weighted by Crippen LogP contribution is -2.29. The van der Waals surface area contributed by atoms with Gasteiger partial charge >= 0.3 is 6.03 Å². The van der Waals surface area contributed by atoms with Gasteiger partial charge in [0.15, 0.2) is 6.10 Å². The second kappa shape index (κ2) is 8.83. The summed E-state index contributed by atoms with van der Waals surface area (Å²) in [6, 6.07) is 13.9. The Balaban J connectivity index is 1.67. The van der Waals surface area contributed by atoms with E-state index in [-0.39, 0.29) is 6.10 Å². The molecule has 0 radical (unpaired) electrons. The van der Waals surface area contributed by atoms with E-state index in [1.54, 1.807) is 31.4 Å². The average Bonchev–Trinajstić information content (AvgIpc) is 3.10. The van der Waals surface area contributed by atoms with Gasteiger partial charge in [0.05, 0.1) is 24.2 Å². The van der Waals surface area contributed by atoms with Crippen LogP contribution in [0.4, 0.5) is 10.5 Å². The highest BCUT2D eigenvalue weighted by atomic mass is 32.2. The summed E-state index contributed by atoms with van der Waals surface area (Å²) in [5.41, 5.74) is 6.19. The SMILES string of the molecule is COc1ccccc1SN(C(N)=O)c1ccc(OCC2CNC(=S)O2)cc1. The Morgan fingerprint density at radius 1 is 1.33 bits per heavy atom. The molecule has 0 aromatic heterocycles. The zero-order chi connectivity index (χ0) is 19.2. The van der Waals surface area contributed by atoms with E-state index in [2.05, 4.69) is 5.32 Å². The minimum atomic E-state index is -0.585. The predicted octanol–water partition coefficient (Wildman–Crippen LogP) is 2.94. The molecule has 1 heterocycles. The molecule has 9 heteroatoms. The van der Waals surface area contributed by atoms with Crippen LogP contribution in [0.25, 0.3) is 0 Å². The standard InChI is InChI=1S/C18H19N3O4S2/c1-23-15-4-2-3-5-16(15)27-21(17(19)22)12-6-8-13(9-7-12)24-11-14-10-20-18(26)25-14/h2-9,14H,10-11H2,1H3,(H2,19,22)(H,20,26). The van der Waals surface area contributed by atoms with Crippen LogP contribution in [0.15, 0.2) is 53.4 Å². The number of ether oxygens (including phenoxy) is 3. The molecular weight excluding hydrogens is 386 g/mol. The van der Waals surface area contributed by atoms with Crippen molar-refractivity contribution in [2.45, 2.75) is 11.0 Å². The highest BCUT2D eigenvalue weighted by molar-refractivity contribution is 8.01. The van der Waals surface area contributed by atoms with Crippen molar-refractivity contribution < 1.29 is 19.0 Å². The van der Waals surface area contributed by atoms with Gasteiger partial charge in [-0.15, -0.1) is 0 Å². The van der Waals surface area contributed by atoms with Crippen molar-refractivity contribution in [2.75, 3.05) is 24.6 Å². The largest absolute Gasteiger partial charge is 0.496 e. The molecule has 3 N–H and O–H groups in total. The van der Waals surface area contributed by atoms with Crippen molar-refractivity contribution in [3.63, 3.8) is 0 Å². The molecule has 1 fully saturated rings. The first-order valence-corrected chi connectivity index (χ1v) is 9.33. The van der Waals surface area contributed by atoms with Crippen molar-refractivity contribution in [3.05, 3.63) is 48.5 Å². The van der Waals surface area contributed by atoms with Crippen LogP contribution in [0.5, 0.6) is 11.5 Å². The number of hydrogen-bond acceptors (Lipinski definition) is 6. The molecule has 2 amide bonds. The Hall–Kier alpha value is -2.65. The first kappa shape index (κ1) is 19.1. The first-order valence-electron chi connectivity index (χ1n) is 8.14. The number of amides is 2. The fourth-order valence-electron chi connectivity index (χ4n) is 2.41. The van der Waals surface area contributed by atoms with Crippen molar-refractivity contribution >= 4 is 41.1 Å². The van der Waals surface area contributed by atoms with Gasteiger partial charge in [0, 0.05) is 11.9 Å². The Morgan fingerprint density at radius 2 is 2.07 bits per heavy atom. The molecule has 0 bridgehead atoms. The van der Waals surface area contributed by atoms with E-state index >= 15 is 0 Å². The highest BCUT2D eigenvalue weighted by Gasteiger charge is 2.21. The maximum atomic E-state index is 11.9. The number of hydrogen-bond donors (Lipinski definition) is 2. The Kier molecular flexibility index (Phi) is 6.25. The molecule has 1 aliphatic rings. The molecule has 142 valence electrons. The normalized spacial score (nSPS) is 15.6. The van der Waals surface area contributed by atoms with Crippen molar-refractivity contribution in [1.29, 1.82) is 0 Å². The van der Waals surface area contributed by atoms with E-state index in [4.69, 9.17) is 32.2 Å². The molecule has 7 nitrogen and oxygen atoms in total. The lowest BCUT2D eigenvalue weighted by atomic mass is 10.3. The number of carbonyl (C=O) groups excluding carboxylic acids is 1. The van der Waals surface area contributed by atoms with Crippen LogP contribution in [0.3, 0.4) is 0 Å². The van der Waals surface area contributed by atoms with Crippen molar-refractivity contribution in [3.8, 4) is 11.5 Å².